The van der Waals surface area contributed by atoms with Gasteiger partial charge in [-0.1, -0.05) is 0 Å². The Balaban J connectivity index is 1.89. The Hall–Kier alpha value is -1.47. The van der Waals surface area contributed by atoms with Crippen LogP contribution >= 0.6 is 27.3 Å². The van der Waals surface area contributed by atoms with Crippen LogP contribution in [0.5, 0.6) is 0 Å². The highest BCUT2D eigenvalue weighted by atomic mass is 79.9. The second-order valence-electron chi connectivity index (χ2n) is 4.86. The first kappa shape index (κ1) is 14.5. The summed E-state index contributed by atoms with van der Waals surface area (Å²) in [5.41, 5.74) is 1.37. The van der Waals surface area contributed by atoms with Crippen molar-refractivity contribution in [2.75, 3.05) is 5.32 Å². The molecule has 0 aliphatic heterocycles. The number of carboxylic acids is 1. The Morgan fingerprint density at radius 3 is 3.05 bits per heavy atom. The minimum absolute atomic E-state index is 0.322. The standard InChI is InChI=1S/C14H12BrFN2O2S/c15-9-6-7(16)4-5-10(9)17-14-18-12-8(13(19)20)2-1-3-11(12)21-14/h4-6,8H,1-3H2,(H,17,18)(H,19,20). The Morgan fingerprint density at radius 2 is 2.33 bits per heavy atom. The molecule has 1 heterocycles. The molecule has 0 fully saturated rings. The van der Waals surface area contributed by atoms with Crippen molar-refractivity contribution in [1.29, 1.82) is 0 Å². The van der Waals surface area contributed by atoms with Crippen LogP contribution < -0.4 is 5.32 Å². The number of rotatable bonds is 3. The van der Waals surface area contributed by atoms with E-state index in [1.807, 2.05) is 0 Å². The van der Waals surface area contributed by atoms with Gasteiger partial charge in [0.05, 0.1) is 11.4 Å². The smallest absolute Gasteiger partial charge is 0.312 e. The van der Waals surface area contributed by atoms with Crippen molar-refractivity contribution in [3.8, 4) is 0 Å². The zero-order valence-corrected chi connectivity index (χ0v) is 13.3. The van der Waals surface area contributed by atoms with E-state index in [9.17, 15) is 14.3 Å². The molecule has 0 amide bonds. The number of carboxylic acid groups (broad SMARTS) is 1. The molecule has 3 rings (SSSR count). The quantitative estimate of drug-likeness (QED) is 0.845. The predicted octanol–water partition coefficient (Wildman–Crippen LogP) is 4.29. The summed E-state index contributed by atoms with van der Waals surface area (Å²) >= 11 is 4.76. The lowest BCUT2D eigenvalue weighted by atomic mass is 9.91. The van der Waals surface area contributed by atoms with Crippen molar-refractivity contribution >= 4 is 44.1 Å². The van der Waals surface area contributed by atoms with E-state index >= 15 is 0 Å². The summed E-state index contributed by atoms with van der Waals surface area (Å²) in [5, 5.41) is 13.0. The molecule has 0 saturated heterocycles. The normalized spacial score (nSPS) is 17.3. The summed E-state index contributed by atoms with van der Waals surface area (Å²) in [6, 6.07) is 4.35. The molecule has 1 atom stereocenters. The second kappa shape index (κ2) is 5.73. The highest BCUT2D eigenvalue weighted by Crippen LogP contribution is 2.38. The fraction of sp³-hybridized carbons (Fsp3) is 0.286. The summed E-state index contributed by atoms with van der Waals surface area (Å²) < 4.78 is 13.7. The van der Waals surface area contributed by atoms with Crippen LogP contribution in [0.15, 0.2) is 22.7 Å². The second-order valence-corrected chi connectivity index (χ2v) is 6.80. The van der Waals surface area contributed by atoms with Gasteiger partial charge >= 0.3 is 5.97 Å². The first-order valence-electron chi connectivity index (χ1n) is 6.49. The number of aliphatic carboxylic acids is 1. The van der Waals surface area contributed by atoms with Gasteiger partial charge in [-0.3, -0.25) is 4.79 Å². The number of thiazole rings is 1. The zero-order valence-electron chi connectivity index (χ0n) is 10.9. The molecule has 0 bridgehead atoms. The van der Waals surface area contributed by atoms with Gasteiger partial charge in [0.1, 0.15) is 11.7 Å². The fourth-order valence-corrected chi connectivity index (χ4v) is 3.95. The number of halogens is 2. The molecule has 4 nitrogen and oxygen atoms in total. The van der Waals surface area contributed by atoms with E-state index in [1.54, 1.807) is 6.07 Å². The SMILES string of the molecule is O=C(O)C1CCCc2sc(Nc3ccc(F)cc3Br)nc21. The minimum atomic E-state index is -0.823. The van der Waals surface area contributed by atoms with Crippen LogP contribution in [0.1, 0.15) is 29.3 Å². The first-order valence-corrected chi connectivity index (χ1v) is 8.10. The molecule has 0 spiro atoms. The molecule has 1 aliphatic carbocycles. The van der Waals surface area contributed by atoms with Crippen molar-refractivity contribution in [3.05, 3.63) is 39.1 Å². The number of aryl methyl sites for hydroxylation is 1. The molecule has 0 radical (unpaired) electrons. The van der Waals surface area contributed by atoms with E-state index < -0.39 is 11.9 Å². The average Bonchev–Trinajstić information content (AvgIpc) is 2.83. The van der Waals surface area contributed by atoms with Crippen molar-refractivity contribution in [2.45, 2.75) is 25.2 Å². The third-order valence-corrected chi connectivity index (χ3v) is 5.13. The van der Waals surface area contributed by atoms with Gasteiger partial charge in [-0.25, -0.2) is 9.37 Å². The topological polar surface area (TPSA) is 62.2 Å². The molecule has 1 unspecified atom stereocenters. The maximum atomic E-state index is 13.1. The number of fused-ring (bicyclic) bond motifs is 1. The van der Waals surface area contributed by atoms with Crippen LogP contribution in [-0.2, 0) is 11.2 Å². The fourth-order valence-electron chi connectivity index (χ4n) is 2.42. The molecule has 2 N–H and O–H groups in total. The molecule has 1 aromatic carbocycles. The number of anilines is 2. The Morgan fingerprint density at radius 1 is 1.52 bits per heavy atom. The van der Waals surface area contributed by atoms with Gasteiger partial charge in [0.25, 0.3) is 0 Å². The summed E-state index contributed by atoms with van der Waals surface area (Å²) in [6.45, 7) is 0. The molecule has 1 aliphatic rings. The molecule has 1 aromatic heterocycles. The van der Waals surface area contributed by atoms with E-state index in [-0.39, 0.29) is 5.82 Å². The lowest BCUT2D eigenvalue weighted by molar-refractivity contribution is -0.139. The van der Waals surface area contributed by atoms with Crippen molar-refractivity contribution in [1.82, 2.24) is 4.98 Å². The number of nitrogens with one attached hydrogen (secondary N) is 1. The molecule has 0 saturated carbocycles. The van der Waals surface area contributed by atoms with Gasteiger partial charge in [0.15, 0.2) is 5.13 Å². The van der Waals surface area contributed by atoms with E-state index in [1.165, 1.54) is 23.5 Å². The molecule has 21 heavy (non-hydrogen) atoms. The van der Waals surface area contributed by atoms with Crippen molar-refractivity contribution < 1.29 is 14.3 Å². The van der Waals surface area contributed by atoms with Gasteiger partial charge in [-0.2, -0.15) is 0 Å². The van der Waals surface area contributed by atoms with Crippen LogP contribution in [0.3, 0.4) is 0 Å². The van der Waals surface area contributed by atoms with E-state index in [2.05, 4.69) is 26.2 Å². The molecular weight excluding hydrogens is 359 g/mol. The van der Waals surface area contributed by atoms with Crippen LogP contribution in [-0.4, -0.2) is 16.1 Å². The van der Waals surface area contributed by atoms with Gasteiger partial charge < -0.3 is 10.4 Å². The van der Waals surface area contributed by atoms with Crippen LogP contribution in [0.2, 0.25) is 0 Å². The van der Waals surface area contributed by atoms with E-state index in [4.69, 9.17) is 0 Å². The monoisotopic (exact) mass is 370 g/mol. The third-order valence-electron chi connectivity index (χ3n) is 3.43. The maximum absolute atomic E-state index is 13.1. The van der Waals surface area contributed by atoms with Crippen molar-refractivity contribution in [3.63, 3.8) is 0 Å². The average molecular weight is 371 g/mol. The summed E-state index contributed by atoms with van der Waals surface area (Å²) in [5.74, 6) is -1.66. The lowest BCUT2D eigenvalue weighted by Crippen LogP contribution is -2.17. The Labute approximate surface area is 133 Å². The summed E-state index contributed by atoms with van der Waals surface area (Å²) in [7, 11) is 0. The number of carbonyl (C=O) groups is 1. The summed E-state index contributed by atoms with van der Waals surface area (Å²) in [4.78, 5) is 16.7. The Kier molecular flexibility index (Phi) is 3.95. The maximum Gasteiger partial charge on any atom is 0.312 e. The molecule has 110 valence electrons. The highest BCUT2D eigenvalue weighted by Gasteiger charge is 2.30. The molecular formula is C14H12BrFN2O2S. The van der Waals surface area contributed by atoms with Gasteiger partial charge in [-0.05, 0) is 53.4 Å². The van der Waals surface area contributed by atoms with E-state index in [0.29, 0.717) is 27.4 Å². The van der Waals surface area contributed by atoms with Crippen molar-refractivity contribution in [2.24, 2.45) is 0 Å². The number of hydrogen-bond donors (Lipinski definition) is 2. The predicted molar refractivity (Wildman–Crippen MR) is 82.8 cm³/mol. The number of benzene rings is 1. The van der Waals surface area contributed by atoms with Gasteiger partial charge in [0.2, 0.25) is 0 Å². The van der Waals surface area contributed by atoms with E-state index in [0.717, 1.165) is 17.7 Å². The first-order chi connectivity index (χ1) is 10.0. The summed E-state index contributed by atoms with van der Waals surface area (Å²) in [6.07, 6.45) is 2.36. The minimum Gasteiger partial charge on any atom is -0.481 e. The number of aromatic nitrogens is 1. The lowest BCUT2D eigenvalue weighted by Gasteiger charge is -2.16. The van der Waals surface area contributed by atoms with Crippen LogP contribution in [0.25, 0.3) is 0 Å². The van der Waals surface area contributed by atoms with Gasteiger partial charge in [-0.15, -0.1) is 11.3 Å². The molecule has 7 heteroatoms. The van der Waals surface area contributed by atoms with Crippen LogP contribution in [0, 0.1) is 5.82 Å². The molecule has 2 aromatic rings. The van der Waals surface area contributed by atoms with Gasteiger partial charge in [0, 0.05) is 9.35 Å². The highest BCUT2D eigenvalue weighted by molar-refractivity contribution is 9.10. The number of nitrogens with zero attached hydrogens (tertiary/aromatic N) is 1. The third kappa shape index (κ3) is 2.94. The Bertz CT molecular complexity index is 704. The largest absolute Gasteiger partial charge is 0.481 e. The number of hydrogen-bond acceptors (Lipinski definition) is 4. The van der Waals surface area contributed by atoms with Crippen LogP contribution in [0.4, 0.5) is 15.2 Å². The zero-order chi connectivity index (χ0) is 15.0.